The molecule has 0 aliphatic carbocycles. The summed E-state index contributed by atoms with van der Waals surface area (Å²) < 4.78 is 10.9. The molecule has 0 bridgehead atoms. The number of rotatable bonds is 9. The van der Waals surface area contributed by atoms with E-state index in [0.717, 1.165) is 14.7 Å². The molecular formula is C22H25IN2O6. The number of amides is 2. The SMILES string of the molecule is COC(=O)[C@H](Cc1cccc(I)c1)NC(=O)[C@@H](NC(=O)OCc1ccccc1)[C@@H](C)O. The molecule has 2 aromatic carbocycles. The number of hydrogen-bond donors (Lipinski definition) is 3. The summed E-state index contributed by atoms with van der Waals surface area (Å²) in [6.07, 6.45) is -1.89. The van der Waals surface area contributed by atoms with Crippen LogP contribution in [0.1, 0.15) is 18.1 Å². The van der Waals surface area contributed by atoms with E-state index in [-0.39, 0.29) is 13.0 Å². The largest absolute Gasteiger partial charge is 0.467 e. The molecule has 0 heterocycles. The maximum atomic E-state index is 12.7. The molecule has 0 unspecified atom stereocenters. The monoisotopic (exact) mass is 540 g/mol. The van der Waals surface area contributed by atoms with E-state index in [4.69, 9.17) is 9.47 Å². The Labute approximate surface area is 194 Å². The number of methoxy groups -OCH3 is 1. The second-order valence-electron chi connectivity index (χ2n) is 6.84. The smallest absolute Gasteiger partial charge is 0.408 e. The molecule has 31 heavy (non-hydrogen) atoms. The third kappa shape index (κ3) is 8.18. The normalized spacial score (nSPS) is 13.4. The lowest BCUT2D eigenvalue weighted by Crippen LogP contribution is -2.56. The van der Waals surface area contributed by atoms with Crippen molar-refractivity contribution in [1.82, 2.24) is 10.6 Å². The average Bonchev–Trinajstić information content (AvgIpc) is 2.75. The average molecular weight is 540 g/mol. The standard InChI is InChI=1S/C22H25IN2O6/c1-14(26)19(25-22(29)31-13-15-7-4-3-5-8-15)20(27)24-18(21(28)30-2)12-16-9-6-10-17(23)11-16/h3-11,14,18-19,26H,12-13H2,1-2H3,(H,24,27)(H,25,29)/t14-,18+,19+/m1/s1. The zero-order valence-electron chi connectivity index (χ0n) is 17.2. The van der Waals surface area contributed by atoms with Crippen molar-refractivity contribution in [3.05, 3.63) is 69.3 Å². The van der Waals surface area contributed by atoms with Crippen LogP contribution in [0.3, 0.4) is 0 Å². The lowest BCUT2D eigenvalue weighted by atomic mass is 10.0. The van der Waals surface area contributed by atoms with E-state index in [0.29, 0.717) is 0 Å². The van der Waals surface area contributed by atoms with Gasteiger partial charge in [0.1, 0.15) is 18.7 Å². The maximum absolute atomic E-state index is 12.7. The van der Waals surface area contributed by atoms with Crippen molar-refractivity contribution in [2.75, 3.05) is 7.11 Å². The first-order chi connectivity index (χ1) is 14.8. The van der Waals surface area contributed by atoms with Crippen LogP contribution in [0.15, 0.2) is 54.6 Å². The van der Waals surface area contributed by atoms with Crippen LogP contribution in [0, 0.1) is 3.57 Å². The molecule has 3 atom stereocenters. The number of ether oxygens (including phenoxy) is 2. The van der Waals surface area contributed by atoms with E-state index in [9.17, 15) is 19.5 Å². The van der Waals surface area contributed by atoms with Gasteiger partial charge in [-0.05, 0) is 52.8 Å². The summed E-state index contributed by atoms with van der Waals surface area (Å²) in [5.74, 6) is -1.36. The quantitative estimate of drug-likeness (QED) is 0.332. The molecule has 2 amide bonds. The summed E-state index contributed by atoms with van der Waals surface area (Å²) in [5, 5.41) is 14.9. The van der Waals surface area contributed by atoms with Crippen LogP contribution in [0.4, 0.5) is 4.79 Å². The third-order valence-electron chi connectivity index (χ3n) is 4.38. The molecule has 0 aliphatic heterocycles. The van der Waals surface area contributed by atoms with Crippen LogP contribution >= 0.6 is 22.6 Å². The van der Waals surface area contributed by atoms with Crippen LogP contribution in [-0.2, 0) is 32.1 Å². The molecule has 0 radical (unpaired) electrons. The number of halogens is 1. The van der Waals surface area contributed by atoms with E-state index in [1.807, 2.05) is 42.5 Å². The first-order valence-corrected chi connectivity index (χ1v) is 10.7. The number of nitrogens with one attached hydrogen (secondary N) is 2. The fraction of sp³-hybridized carbons (Fsp3) is 0.318. The minimum atomic E-state index is -1.31. The molecule has 0 saturated carbocycles. The molecule has 0 saturated heterocycles. The highest BCUT2D eigenvalue weighted by atomic mass is 127. The van der Waals surface area contributed by atoms with Gasteiger partial charge >= 0.3 is 12.1 Å². The Kier molecular flexibility index (Phi) is 9.73. The zero-order chi connectivity index (χ0) is 22.8. The second-order valence-corrected chi connectivity index (χ2v) is 8.09. The molecule has 2 rings (SSSR count). The molecular weight excluding hydrogens is 515 g/mol. The van der Waals surface area contributed by atoms with Crippen LogP contribution < -0.4 is 10.6 Å². The van der Waals surface area contributed by atoms with Gasteiger partial charge in [0, 0.05) is 9.99 Å². The van der Waals surface area contributed by atoms with E-state index in [1.54, 1.807) is 12.1 Å². The molecule has 0 aliphatic rings. The van der Waals surface area contributed by atoms with Gasteiger partial charge in [-0.15, -0.1) is 0 Å². The topological polar surface area (TPSA) is 114 Å². The lowest BCUT2D eigenvalue weighted by Gasteiger charge is -2.24. The highest BCUT2D eigenvalue weighted by molar-refractivity contribution is 14.1. The highest BCUT2D eigenvalue weighted by Crippen LogP contribution is 2.11. The van der Waals surface area contributed by atoms with Crippen molar-refractivity contribution >= 4 is 40.6 Å². The Hall–Kier alpha value is -2.66. The Morgan fingerprint density at radius 3 is 2.32 bits per heavy atom. The summed E-state index contributed by atoms with van der Waals surface area (Å²) in [4.78, 5) is 37.1. The van der Waals surface area contributed by atoms with Crippen molar-refractivity contribution in [3.63, 3.8) is 0 Å². The Bertz CT molecular complexity index is 891. The number of benzene rings is 2. The van der Waals surface area contributed by atoms with E-state index < -0.39 is 36.2 Å². The van der Waals surface area contributed by atoms with Gasteiger partial charge in [0.25, 0.3) is 0 Å². The van der Waals surface area contributed by atoms with Crippen molar-refractivity contribution < 1.29 is 29.0 Å². The van der Waals surface area contributed by atoms with Crippen molar-refractivity contribution in [2.24, 2.45) is 0 Å². The van der Waals surface area contributed by atoms with Gasteiger partial charge < -0.3 is 25.2 Å². The predicted molar refractivity (Wildman–Crippen MR) is 122 cm³/mol. The van der Waals surface area contributed by atoms with Gasteiger partial charge in [-0.3, -0.25) is 4.79 Å². The fourth-order valence-electron chi connectivity index (χ4n) is 2.79. The molecule has 0 aromatic heterocycles. The summed E-state index contributed by atoms with van der Waals surface area (Å²) in [5.41, 5.74) is 1.60. The number of aliphatic hydroxyl groups excluding tert-OH is 1. The first-order valence-electron chi connectivity index (χ1n) is 9.58. The van der Waals surface area contributed by atoms with Crippen LogP contribution in [0.25, 0.3) is 0 Å². The van der Waals surface area contributed by atoms with Crippen molar-refractivity contribution in [3.8, 4) is 0 Å². The van der Waals surface area contributed by atoms with Crippen LogP contribution in [-0.4, -0.2) is 48.4 Å². The Balaban J connectivity index is 2.02. The minimum absolute atomic E-state index is 0.0122. The fourth-order valence-corrected chi connectivity index (χ4v) is 3.40. The van der Waals surface area contributed by atoms with Crippen LogP contribution in [0.2, 0.25) is 0 Å². The number of carbonyl (C=O) groups excluding carboxylic acids is 3. The summed E-state index contributed by atoms with van der Waals surface area (Å²) in [7, 11) is 1.22. The maximum Gasteiger partial charge on any atom is 0.408 e. The number of aliphatic hydroxyl groups is 1. The van der Waals surface area contributed by atoms with Gasteiger partial charge in [-0.25, -0.2) is 9.59 Å². The lowest BCUT2D eigenvalue weighted by molar-refractivity contribution is -0.145. The molecule has 0 fully saturated rings. The molecule has 3 N–H and O–H groups in total. The first kappa shape index (κ1) is 24.6. The number of hydrogen-bond acceptors (Lipinski definition) is 6. The Morgan fingerprint density at radius 2 is 1.71 bits per heavy atom. The van der Waals surface area contributed by atoms with E-state index in [2.05, 4.69) is 33.2 Å². The highest BCUT2D eigenvalue weighted by Gasteiger charge is 2.30. The third-order valence-corrected chi connectivity index (χ3v) is 5.05. The van der Waals surface area contributed by atoms with E-state index in [1.165, 1.54) is 14.0 Å². The molecule has 2 aromatic rings. The molecule has 8 nitrogen and oxygen atoms in total. The summed E-state index contributed by atoms with van der Waals surface area (Å²) in [6, 6.07) is 14.2. The van der Waals surface area contributed by atoms with Crippen LogP contribution in [0.5, 0.6) is 0 Å². The van der Waals surface area contributed by atoms with E-state index >= 15 is 0 Å². The summed E-state index contributed by atoms with van der Waals surface area (Å²) >= 11 is 2.15. The van der Waals surface area contributed by atoms with Gasteiger partial charge in [0.15, 0.2) is 0 Å². The van der Waals surface area contributed by atoms with Gasteiger partial charge in [-0.1, -0.05) is 42.5 Å². The predicted octanol–water partition coefficient (Wildman–Crippen LogP) is 2.17. The molecule has 0 spiro atoms. The second kappa shape index (κ2) is 12.3. The number of alkyl carbamates (subject to hydrolysis) is 1. The van der Waals surface area contributed by atoms with Gasteiger partial charge in [0.05, 0.1) is 13.2 Å². The van der Waals surface area contributed by atoms with Gasteiger partial charge in [0.2, 0.25) is 5.91 Å². The van der Waals surface area contributed by atoms with Crippen molar-refractivity contribution in [1.29, 1.82) is 0 Å². The Morgan fingerprint density at radius 1 is 1.03 bits per heavy atom. The minimum Gasteiger partial charge on any atom is -0.467 e. The zero-order valence-corrected chi connectivity index (χ0v) is 19.4. The summed E-state index contributed by atoms with van der Waals surface area (Å²) in [6.45, 7) is 1.37. The molecule has 166 valence electrons. The van der Waals surface area contributed by atoms with Gasteiger partial charge in [-0.2, -0.15) is 0 Å². The number of carbonyl (C=O) groups is 3. The van der Waals surface area contributed by atoms with Crippen molar-refractivity contribution in [2.45, 2.75) is 38.1 Å². The molecule has 9 heteroatoms. The number of esters is 1.